The van der Waals surface area contributed by atoms with Crippen LogP contribution < -0.4 is 10.2 Å². The van der Waals surface area contributed by atoms with Crippen LogP contribution in [0.15, 0.2) is 84.0 Å². The topological polar surface area (TPSA) is 50.7 Å². The number of fused-ring (bicyclic) bond motifs is 2. The number of carbonyl (C=O) groups excluding carboxylic acids is 1. The van der Waals surface area contributed by atoms with Crippen LogP contribution in [-0.2, 0) is 0 Å². The molecule has 0 spiro atoms. The van der Waals surface area contributed by atoms with Gasteiger partial charge in [-0.2, -0.15) is 5.10 Å². The van der Waals surface area contributed by atoms with Crippen LogP contribution in [0.5, 0.6) is 5.75 Å². The number of benzene rings is 4. The average Bonchev–Trinajstić information content (AvgIpc) is 2.73. The Morgan fingerprint density at radius 2 is 1.52 bits per heavy atom. The van der Waals surface area contributed by atoms with Crippen molar-refractivity contribution < 1.29 is 9.53 Å². The Morgan fingerprint density at radius 3 is 2.30 bits per heavy atom. The normalized spacial score (nSPS) is 11.1. The molecule has 4 aromatic carbocycles. The Kier molecular flexibility index (Phi) is 4.54. The number of rotatable bonds is 4. The Bertz CT molecular complexity index is 1160. The van der Waals surface area contributed by atoms with Gasteiger partial charge in [-0.15, -0.1) is 0 Å². The summed E-state index contributed by atoms with van der Waals surface area (Å²) >= 11 is 0. The third kappa shape index (κ3) is 3.25. The molecule has 0 heterocycles. The van der Waals surface area contributed by atoms with Gasteiger partial charge in [-0.25, -0.2) is 5.43 Å². The molecule has 1 amide bonds. The molecule has 0 aromatic heterocycles. The molecule has 0 aliphatic rings. The summed E-state index contributed by atoms with van der Waals surface area (Å²) in [4.78, 5) is 12.6. The van der Waals surface area contributed by atoms with Gasteiger partial charge in [0.1, 0.15) is 5.75 Å². The lowest BCUT2D eigenvalue weighted by molar-refractivity contribution is 0.0957. The van der Waals surface area contributed by atoms with Gasteiger partial charge in [0.15, 0.2) is 0 Å². The maximum atomic E-state index is 12.6. The van der Waals surface area contributed by atoms with E-state index in [1.165, 1.54) is 0 Å². The number of hydrazone groups is 1. The fourth-order valence-corrected chi connectivity index (χ4v) is 3.23. The highest BCUT2D eigenvalue weighted by molar-refractivity contribution is 6.08. The maximum absolute atomic E-state index is 12.6. The first-order chi connectivity index (χ1) is 13.3. The molecule has 0 atom stereocenters. The zero-order valence-corrected chi connectivity index (χ0v) is 14.8. The molecular formula is C23H18N2O2. The summed E-state index contributed by atoms with van der Waals surface area (Å²) in [7, 11) is 1.62. The van der Waals surface area contributed by atoms with Gasteiger partial charge in [-0.3, -0.25) is 4.79 Å². The molecule has 0 saturated carbocycles. The Labute approximate surface area is 157 Å². The van der Waals surface area contributed by atoms with Crippen molar-refractivity contribution in [2.24, 2.45) is 5.10 Å². The molecular weight excluding hydrogens is 336 g/mol. The smallest absolute Gasteiger partial charge is 0.271 e. The minimum absolute atomic E-state index is 0.248. The lowest BCUT2D eigenvalue weighted by atomic mass is 10.0. The van der Waals surface area contributed by atoms with E-state index >= 15 is 0 Å². The van der Waals surface area contributed by atoms with E-state index < -0.39 is 0 Å². The minimum atomic E-state index is -0.248. The number of hydrogen-bond donors (Lipinski definition) is 1. The van der Waals surface area contributed by atoms with Crippen molar-refractivity contribution in [2.75, 3.05) is 7.11 Å². The van der Waals surface area contributed by atoms with Crippen LogP contribution >= 0.6 is 0 Å². The first-order valence-corrected chi connectivity index (χ1v) is 8.65. The summed E-state index contributed by atoms with van der Waals surface area (Å²) in [5, 5.41) is 8.19. The second-order valence-electron chi connectivity index (χ2n) is 6.13. The van der Waals surface area contributed by atoms with E-state index in [9.17, 15) is 4.79 Å². The van der Waals surface area contributed by atoms with Crippen molar-refractivity contribution in [3.63, 3.8) is 0 Å². The Hall–Kier alpha value is -3.66. The summed E-state index contributed by atoms with van der Waals surface area (Å²) in [5.41, 5.74) is 4.05. The molecule has 27 heavy (non-hydrogen) atoms. The number of nitrogens with zero attached hydrogens (tertiary/aromatic N) is 1. The van der Waals surface area contributed by atoms with E-state index in [0.717, 1.165) is 27.1 Å². The van der Waals surface area contributed by atoms with Crippen molar-refractivity contribution in [2.45, 2.75) is 0 Å². The Morgan fingerprint density at radius 1 is 0.852 bits per heavy atom. The summed E-state index contributed by atoms with van der Waals surface area (Å²) in [6.07, 6.45) is 1.63. The number of methoxy groups -OCH3 is 1. The van der Waals surface area contributed by atoms with Crippen LogP contribution in [0.4, 0.5) is 0 Å². The zero-order valence-electron chi connectivity index (χ0n) is 14.8. The van der Waals surface area contributed by atoms with Gasteiger partial charge in [-0.1, -0.05) is 66.7 Å². The molecule has 4 rings (SSSR count). The highest BCUT2D eigenvalue weighted by Gasteiger charge is 2.09. The monoisotopic (exact) mass is 354 g/mol. The third-order valence-electron chi connectivity index (χ3n) is 4.54. The molecule has 1 N–H and O–H groups in total. The van der Waals surface area contributed by atoms with Crippen LogP contribution in [-0.4, -0.2) is 19.2 Å². The van der Waals surface area contributed by atoms with Crippen LogP contribution in [0.25, 0.3) is 21.5 Å². The van der Waals surface area contributed by atoms with E-state index in [-0.39, 0.29) is 5.91 Å². The summed E-state index contributed by atoms with van der Waals surface area (Å²) < 4.78 is 5.45. The first-order valence-electron chi connectivity index (χ1n) is 8.65. The van der Waals surface area contributed by atoms with Crippen LogP contribution in [0.3, 0.4) is 0 Å². The first kappa shape index (κ1) is 16.8. The Balaban J connectivity index is 1.64. The van der Waals surface area contributed by atoms with Gasteiger partial charge in [0.25, 0.3) is 5.91 Å². The van der Waals surface area contributed by atoms with Crippen molar-refractivity contribution in [1.82, 2.24) is 5.43 Å². The van der Waals surface area contributed by atoms with E-state index in [2.05, 4.69) is 10.5 Å². The van der Waals surface area contributed by atoms with Crippen molar-refractivity contribution >= 4 is 33.7 Å². The number of nitrogens with one attached hydrogen (secondary N) is 1. The van der Waals surface area contributed by atoms with Crippen molar-refractivity contribution in [3.05, 3.63) is 90.0 Å². The average molecular weight is 354 g/mol. The highest BCUT2D eigenvalue weighted by Crippen LogP contribution is 2.26. The standard InChI is InChI=1S/C23H18N2O2/c1-27-22-14-13-17-8-3-5-11-19(17)21(22)15-24-25-23(26)20-12-6-9-16-7-2-4-10-18(16)20/h2-15H,1H3,(H,25,26)/b24-15+. The molecule has 4 nitrogen and oxygen atoms in total. The second-order valence-corrected chi connectivity index (χ2v) is 6.13. The van der Waals surface area contributed by atoms with Crippen molar-refractivity contribution in [3.8, 4) is 5.75 Å². The molecule has 0 fully saturated rings. The van der Waals surface area contributed by atoms with Gasteiger partial charge in [0.2, 0.25) is 0 Å². The summed E-state index contributed by atoms with van der Waals surface area (Å²) in [6, 6.07) is 25.3. The molecule has 0 saturated heterocycles. The van der Waals surface area contributed by atoms with Crippen LogP contribution in [0.2, 0.25) is 0 Å². The van der Waals surface area contributed by atoms with Crippen LogP contribution in [0.1, 0.15) is 15.9 Å². The molecule has 4 heteroatoms. The number of amides is 1. The molecule has 0 bridgehead atoms. The van der Waals surface area contributed by atoms with Gasteiger partial charge in [0, 0.05) is 11.1 Å². The van der Waals surface area contributed by atoms with Crippen LogP contribution in [0, 0.1) is 0 Å². The fourth-order valence-electron chi connectivity index (χ4n) is 3.23. The molecule has 0 unspecified atom stereocenters. The van der Waals surface area contributed by atoms with Crippen molar-refractivity contribution in [1.29, 1.82) is 0 Å². The highest BCUT2D eigenvalue weighted by atomic mass is 16.5. The van der Waals surface area contributed by atoms with E-state index in [1.807, 2.05) is 72.8 Å². The summed E-state index contributed by atoms with van der Waals surface area (Å²) in [6.45, 7) is 0. The molecule has 0 aliphatic heterocycles. The maximum Gasteiger partial charge on any atom is 0.271 e. The molecule has 0 radical (unpaired) electrons. The zero-order chi connectivity index (χ0) is 18.6. The van der Waals surface area contributed by atoms with E-state index in [4.69, 9.17) is 4.74 Å². The van der Waals surface area contributed by atoms with Gasteiger partial charge in [-0.05, 0) is 33.7 Å². The van der Waals surface area contributed by atoms with Gasteiger partial charge < -0.3 is 4.74 Å². The minimum Gasteiger partial charge on any atom is -0.496 e. The number of carbonyl (C=O) groups is 1. The number of hydrogen-bond acceptors (Lipinski definition) is 3. The summed E-state index contributed by atoms with van der Waals surface area (Å²) in [5.74, 6) is 0.458. The second kappa shape index (κ2) is 7.30. The predicted molar refractivity (Wildman–Crippen MR) is 110 cm³/mol. The fraction of sp³-hybridized carbons (Fsp3) is 0.0435. The van der Waals surface area contributed by atoms with Gasteiger partial charge >= 0.3 is 0 Å². The van der Waals surface area contributed by atoms with Gasteiger partial charge in [0.05, 0.1) is 13.3 Å². The quantitative estimate of drug-likeness (QED) is 0.424. The SMILES string of the molecule is COc1ccc2ccccc2c1/C=N/NC(=O)c1cccc2ccccc12. The lowest BCUT2D eigenvalue weighted by Crippen LogP contribution is -2.18. The third-order valence-corrected chi connectivity index (χ3v) is 4.54. The van der Waals surface area contributed by atoms with E-state index in [1.54, 1.807) is 19.4 Å². The largest absolute Gasteiger partial charge is 0.496 e. The molecule has 4 aromatic rings. The molecule has 0 aliphatic carbocycles. The predicted octanol–water partition coefficient (Wildman–Crippen LogP) is 4.77. The lowest BCUT2D eigenvalue weighted by Gasteiger charge is -2.08. The number of ether oxygens (including phenoxy) is 1. The van der Waals surface area contributed by atoms with E-state index in [0.29, 0.717) is 11.3 Å². The molecule has 132 valence electrons.